The van der Waals surface area contributed by atoms with Gasteiger partial charge in [0.25, 0.3) is 0 Å². The van der Waals surface area contributed by atoms with Gasteiger partial charge in [-0.2, -0.15) is 0 Å². The molecule has 2 rings (SSSR count). The van der Waals surface area contributed by atoms with Gasteiger partial charge in [0, 0.05) is 11.6 Å². The fourth-order valence-corrected chi connectivity index (χ4v) is 2.30. The van der Waals surface area contributed by atoms with Crippen molar-refractivity contribution >= 4 is 23.2 Å². The molecule has 0 bridgehead atoms. The fourth-order valence-electron chi connectivity index (χ4n) is 1.81. The molecule has 20 heavy (non-hydrogen) atoms. The molecule has 0 spiro atoms. The minimum Gasteiger partial charge on any atom is -0.506 e. The molecule has 1 N–H and O–H groups in total. The number of ether oxygens (including phenoxy) is 1. The van der Waals surface area contributed by atoms with Crippen molar-refractivity contribution in [2.75, 3.05) is 0 Å². The van der Waals surface area contributed by atoms with E-state index < -0.39 is 0 Å². The Morgan fingerprint density at radius 3 is 2.55 bits per heavy atom. The maximum atomic E-state index is 9.90. The van der Waals surface area contributed by atoms with Gasteiger partial charge in [0.1, 0.15) is 18.1 Å². The van der Waals surface area contributed by atoms with Crippen molar-refractivity contribution < 1.29 is 9.84 Å². The molecule has 2 aromatic rings. The van der Waals surface area contributed by atoms with Crippen LogP contribution in [0.4, 0.5) is 0 Å². The summed E-state index contributed by atoms with van der Waals surface area (Å²) in [5.74, 6) is 0.429. The lowest BCUT2D eigenvalue weighted by Crippen LogP contribution is -1.98. The molecular weight excluding hydrogens is 295 g/mol. The monoisotopic (exact) mass is 308 g/mol. The second-order valence-corrected chi connectivity index (χ2v) is 5.05. The Hall–Kier alpha value is -1.64. The molecule has 0 aromatic heterocycles. The highest BCUT2D eigenvalue weighted by Crippen LogP contribution is 2.40. The van der Waals surface area contributed by atoms with Crippen LogP contribution in [0.15, 0.2) is 49.1 Å². The Morgan fingerprint density at radius 1 is 1.20 bits per heavy atom. The maximum Gasteiger partial charge on any atom is 0.140 e. The van der Waals surface area contributed by atoms with Gasteiger partial charge in [-0.1, -0.05) is 59.6 Å². The van der Waals surface area contributed by atoms with Crippen LogP contribution in [0.2, 0.25) is 10.0 Å². The van der Waals surface area contributed by atoms with Gasteiger partial charge in [0.2, 0.25) is 0 Å². The first-order valence-corrected chi connectivity index (χ1v) is 6.86. The summed E-state index contributed by atoms with van der Waals surface area (Å²) in [5.41, 5.74) is 1.55. The lowest BCUT2D eigenvalue weighted by Gasteiger charge is -2.13. The first-order valence-electron chi connectivity index (χ1n) is 6.11. The second-order valence-electron chi connectivity index (χ2n) is 4.26. The van der Waals surface area contributed by atoms with Gasteiger partial charge in [0.15, 0.2) is 0 Å². The van der Waals surface area contributed by atoms with Gasteiger partial charge in [-0.3, -0.25) is 0 Å². The van der Waals surface area contributed by atoms with E-state index >= 15 is 0 Å². The van der Waals surface area contributed by atoms with Crippen LogP contribution >= 0.6 is 23.2 Å². The Balaban J connectivity index is 2.26. The molecule has 0 atom stereocenters. The average Bonchev–Trinajstić information content (AvgIpc) is 2.47. The normalized spacial score (nSPS) is 10.3. The van der Waals surface area contributed by atoms with E-state index in [2.05, 4.69) is 6.58 Å². The molecule has 2 aromatic carbocycles. The van der Waals surface area contributed by atoms with Crippen molar-refractivity contribution in [1.29, 1.82) is 0 Å². The van der Waals surface area contributed by atoms with E-state index in [4.69, 9.17) is 27.9 Å². The van der Waals surface area contributed by atoms with E-state index in [1.165, 1.54) is 6.07 Å². The molecule has 0 heterocycles. The van der Waals surface area contributed by atoms with Crippen LogP contribution in [0.1, 0.15) is 11.1 Å². The third kappa shape index (κ3) is 3.27. The molecule has 0 radical (unpaired) electrons. The van der Waals surface area contributed by atoms with Crippen LogP contribution in [-0.2, 0) is 13.0 Å². The zero-order valence-corrected chi connectivity index (χ0v) is 12.3. The van der Waals surface area contributed by atoms with E-state index in [0.717, 1.165) is 5.56 Å². The quantitative estimate of drug-likeness (QED) is 0.787. The Morgan fingerprint density at radius 2 is 1.90 bits per heavy atom. The molecule has 0 aliphatic rings. The highest BCUT2D eigenvalue weighted by molar-refractivity contribution is 6.36. The molecule has 0 aliphatic carbocycles. The largest absolute Gasteiger partial charge is 0.506 e. The van der Waals surface area contributed by atoms with Gasteiger partial charge in [-0.15, -0.1) is 6.58 Å². The summed E-state index contributed by atoms with van der Waals surface area (Å²) in [5, 5.41) is 10.5. The first-order chi connectivity index (χ1) is 9.63. The molecule has 0 fully saturated rings. The zero-order valence-electron chi connectivity index (χ0n) is 10.8. The maximum absolute atomic E-state index is 9.90. The smallest absolute Gasteiger partial charge is 0.140 e. The number of hydrogen-bond acceptors (Lipinski definition) is 2. The van der Waals surface area contributed by atoms with Crippen molar-refractivity contribution in [1.82, 2.24) is 0 Å². The van der Waals surface area contributed by atoms with E-state index in [-0.39, 0.29) is 10.8 Å². The fraction of sp³-hybridized carbons (Fsp3) is 0.125. The first kappa shape index (κ1) is 14.8. The van der Waals surface area contributed by atoms with E-state index in [9.17, 15) is 5.11 Å². The average molecular weight is 309 g/mol. The summed E-state index contributed by atoms with van der Waals surface area (Å²) in [7, 11) is 0. The Labute approximate surface area is 128 Å². The zero-order chi connectivity index (χ0) is 14.5. The topological polar surface area (TPSA) is 29.5 Å². The minimum absolute atomic E-state index is 0.0244. The number of aromatic hydroxyl groups is 1. The molecule has 104 valence electrons. The summed E-state index contributed by atoms with van der Waals surface area (Å²) >= 11 is 12.2. The SMILES string of the molecule is C=CCc1c(O)c(Cl)cc(OCc2ccccc2)c1Cl. The predicted octanol–water partition coefficient (Wildman–Crippen LogP) is 5.01. The number of phenols is 1. The third-order valence-corrected chi connectivity index (χ3v) is 3.54. The van der Waals surface area contributed by atoms with E-state index in [1.54, 1.807) is 6.08 Å². The molecule has 0 saturated carbocycles. The number of phenolic OH excluding ortho intramolecular Hbond substituents is 1. The predicted molar refractivity (Wildman–Crippen MR) is 82.8 cm³/mol. The minimum atomic E-state index is -0.0244. The lowest BCUT2D eigenvalue weighted by atomic mass is 10.1. The van der Waals surface area contributed by atoms with Gasteiger partial charge < -0.3 is 9.84 Å². The van der Waals surface area contributed by atoms with Crippen molar-refractivity contribution in [3.05, 3.63) is 70.2 Å². The molecule has 0 saturated heterocycles. The Kier molecular flexibility index (Phi) is 4.94. The summed E-state index contributed by atoms with van der Waals surface area (Å²) in [6.45, 7) is 4.02. The third-order valence-electron chi connectivity index (χ3n) is 2.84. The summed E-state index contributed by atoms with van der Waals surface area (Å²) in [4.78, 5) is 0. The molecule has 0 unspecified atom stereocenters. The van der Waals surface area contributed by atoms with Crippen LogP contribution in [0, 0.1) is 0 Å². The number of hydrogen-bond donors (Lipinski definition) is 1. The second kappa shape index (κ2) is 6.69. The molecule has 2 nitrogen and oxygen atoms in total. The van der Waals surface area contributed by atoms with E-state index in [0.29, 0.717) is 29.4 Å². The van der Waals surface area contributed by atoms with Crippen molar-refractivity contribution in [3.8, 4) is 11.5 Å². The van der Waals surface area contributed by atoms with Crippen LogP contribution in [0.3, 0.4) is 0 Å². The van der Waals surface area contributed by atoms with Crippen LogP contribution < -0.4 is 4.74 Å². The molecule has 4 heteroatoms. The number of halogens is 2. The highest BCUT2D eigenvalue weighted by atomic mass is 35.5. The van der Waals surface area contributed by atoms with Gasteiger partial charge in [-0.05, 0) is 12.0 Å². The van der Waals surface area contributed by atoms with Crippen LogP contribution in [-0.4, -0.2) is 5.11 Å². The molecule has 0 amide bonds. The highest BCUT2D eigenvalue weighted by Gasteiger charge is 2.15. The van der Waals surface area contributed by atoms with Gasteiger partial charge >= 0.3 is 0 Å². The molecular formula is C16H14Cl2O2. The standard InChI is InChI=1S/C16H14Cl2O2/c1-2-6-12-15(18)14(9-13(17)16(12)19)20-10-11-7-4-3-5-8-11/h2-5,7-9,19H,1,6,10H2. The number of rotatable bonds is 5. The summed E-state index contributed by atoms with van der Waals surface area (Å²) in [6, 6.07) is 11.3. The van der Waals surface area contributed by atoms with Crippen molar-refractivity contribution in [2.45, 2.75) is 13.0 Å². The van der Waals surface area contributed by atoms with Crippen molar-refractivity contribution in [2.24, 2.45) is 0 Å². The van der Waals surface area contributed by atoms with Crippen LogP contribution in [0.25, 0.3) is 0 Å². The lowest BCUT2D eigenvalue weighted by molar-refractivity contribution is 0.305. The summed E-state index contributed by atoms with van der Waals surface area (Å²) < 4.78 is 5.68. The Bertz CT molecular complexity index is 610. The van der Waals surface area contributed by atoms with E-state index in [1.807, 2.05) is 30.3 Å². The van der Waals surface area contributed by atoms with Gasteiger partial charge in [-0.25, -0.2) is 0 Å². The number of allylic oxidation sites excluding steroid dienone is 1. The molecule has 0 aliphatic heterocycles. The number of benzene rings is 2. The van der Waals surface area contributed by atoms with Crippen molar-refractivity contribution in [3.63, 3.8) is 0 Å². The van der Waals surface area contributed by atoms with Gasteiger partial charge in [0.05, 0.1) is 10.0 Å². The summed E-state index contributed by atoms with van der Waals surface area (Å²) in [6.07, 6.45) is 2.07. The van der Waals surface area contributed by atoms with Crippen LogP contribution in [0.5, 0.6) is 11.5 Å².